The molecule has 0 aliphatic rings. The Hall–Kier alpha value is -3.22. The smallest absolute Gasteiger partial charge is 0.224 e. The topological polar surface area (TPSA) is 81.9 Å². The number of ether oxygens (including phenoxy) is 1. The number of carbonyl (C=O) groups excluding carboxylic acids is 1. The van der Waals surface area contributed by atoms with Gasteiger partial charge in [-0.15, -0.1) is 10.2 Å². The molecule has 0 atom stereocenters. The van der Waals surface area contributed by atoms with Gasteiger partial charge in [0, 0.05) is 17.7 Å². The number of aromatic nitrogens is 4. The van der Waals surface area contributed by atoms with E-state index in [0.717, 1.165) is 29.0 Å². The number of nitrogens with one attached hydrogen (secondary N) is 1. The van der Waals surface area contributed by atoms with E-state index >= 15 is 0 Å². The van der Waals surface area contributed by atoms with Crippen LogP contribution >= 0.6 is 0 Å². The summed E-state index contributed by atoms with van der Waals surface area (Å²) in [5, 5.41) is 15.4. The molecule has 1 N–H and O–H groups in total. The second-order valence-electron chi connectivity index (χ2n) is 6.55. The Balaban J connectivity index is 1.47. The zero-order valence-electron chi connectivity index (χ0n) is 16.3. The summed E-state index contributed by atoms with van der Waals surface area (Å²) in [6.45, 7) is 5.25. The van der Waals surface area contributed by atoms with Gasteiger partial charge in [-0.25, -0.2) is 0 Å². The first kappa shape index (κ1) is 19.5. The van der Waals surface area contributed by atoms with E-state index in [1.165, 1.54) is 4.80 Å². The lowest BCUT2D eigenvalue weighted by Crippen LogP contribution is -2.14. The molecule has 0 fully saturated rings. The Kier molecular flexibility index (Phi) is 6.73. The molecule has 28 heavy (non-hydrogen) atoms. The van der Waals surface area contributed by atoms with Crippen LogP contribution in [-0.2, 0) is 11.3 Å². The number of hydrogen-bond acceptors (Lipinski definition) is 5. The minimum Gasteiger partial charge on any atom is -0.494 e. The molecule has 3 rings (SSSR count). The van der Waals surface area contributed by atoms with Gasteiger partial charge in [-0.3, -0.25) is 4.79 Å². The minimum absolute atomic E-state index is 0.0336. The summed E-state index contributed by atoms with van der Waals surface area (Å²) in [5.41, 5.74) is 2.71. The molecule has 7 nitrogen and oxygen atoms in total. The van der Waals surface area contributed by atoms with Crippen LogP contribution in [0, 0.1) is 6.92 Å². The number of amides is 1. The number of rotatable bonds is 9. The largest absolute Gasteiger partial charge is 0.494 e. The van der Waals surface area contributed by atoms with Crippen LogP contribution in [0.15, 0.2) is 48.5 Å². The summed E-state index contributed by atoms with van der Waals surface area (Å²) in [4.78, 5) is 13.8. The number of benzene rings is 2. The van der Waals surface area contributed by atoms with Crippen LogP contribution < -0.4 is 10.1 Å². The Morgan fingerprint density at radius 1 is 1.18 bits per heavy atom. The van der Waals surface area contributed by atoms with Crippen LogP contribution in [0.25, 0.3) is 11.4 Å². The number of aryl methyl sites for hydroxylation is 2. The third-order valence-electron chi connectivity index (χ3n) is 4.19. The van der Waals surface area contributed by atoms with E-state index in [1.807, 2.05) is 55.5 Å². The van der Waals surface area contributed by atoms with Crippen molar-refractivity contribution >= 4 is 11.6 Å². The van der Waals surface area contributed by atoms with Crippen molar-refractivity contribution in [3.05, 3.63) is 54.1 Å². The van der Waals surface area contributed by atoms with Crippen molar-refractivity contribution in [2.24, 2.45) is 0 Å². The molecule has 0 saturated heterocycles. The number of anilines is 1. The van der Waals surface area contributed by atoms with Gasteiger partial charge in [-0.1, -0.05) is 37.3 Å². The molecular formula is C21H25N5O2. The first-order valence-corrected chi connectivity index (χ1v) is 9.52. The van der Waals surface area contributed by atoms with Crippen LogP contribution in [0.2, 0.25) is 0 Å². The van der Waals surface area contributed by atoms with E-state index < -0.39 is 0 Å². The van der Waals surface area contributed by atoms with Gasteiger partial charge in [-0.2, -0.15) is 4.80 Å². The molecule has 2 aromatic carbocycles. The summed E-state index contributed by atoms with van der Waals surface area (Å²) in [7, 11) is 0. The monoisotopic (exact) mass is 379 g/mol. The standard InChI is InChI=1S/C21H25N5O2/c1-3-14-28-18-11-12-19(16(2)15-18)22-20(27)10-7-13-26-24-21(23-25-26)17-8-5-4-6-9-17/h4-6,8-9,11-12,15H,3,7,10,13-14H2,1-2H3,(H,22,27). The molecule has 0 spiro atoms. The van der Waals surface area contributed by atoms with Gasteiger partial charge < -0.3 is 10.1 Å². The third kappa shape index (κ3) is 5.39. The van der Waals surface area contributed by atoms with Crippen molar-refractivity contribution in [3.8, 4) is 17.1 Å². The van der Waals surface area contributed by atoms with Crippen molar-refractivity contribution in [2.45, 2.75) is 39.7 Å². The summed E-state index contributed by atoms with van der Waals surface area (Å²) in [6.07, 6.45) is 1.98. The fourth-order valence-electron chi connectivity index (χ4n) is 2.72. The Morgan fingerprint density at radius 3 is 2.75 bits per heavy atom. The second kappa shape index (κ2) is 9.64. The molecule has 3 aromatic rings. The summed E-state index contributed by atoms with van der Waals surface area (Å²) in [5.74, 6) is 1.38. The van der Waals surface area contributed by atoms with Gasteiger partial charge in [0.1, 0.15) is 5.75 Å². The van der Waals surface area contributed by atoms with Crippen molar-refractivity contribution < 1.29 is 9.53 Å². The highest BCUT2D eigenvalue weighted by molar-refractivity contribution is 5.91. The highest BCUT2D eigenvalue weighted by Crippen LogP contribution is 2.22. The van der Waals surface area contributed by atoms with E-state index in [-0.39, 0.29) is 5.91 Å². The van der Waals surface area contributed by atoms with Gasteiger partial charge in [-0.05, 0) is 48.7 Å². The van der Waals surface area contributed by atoms with E-state index in [9.17, 15) is 4.79 Å². The fraction of sp³-hybridized carbons (Fsp3) is 0.333. The lowest BCUT2D eigenvalue weighted by Gasteiger charge is -2.11. The van der Waals surface area contributed by atoms with Crippen molar-refractivity contribution in [2.75, 3.05) is 11.9 Å². The minimum atomic E-state index is -0.0336. The number of hydrogen-bond donors (Lipinski definition) is 1. The van der Waals surface area contributed by atoms with Gasteiger partial charge in [0.05, 0.1) is 13.2 Å². The quantitative estimate of drug-likeness (QED) is 0.610. The SMILES string of the molecule is CCCOc1ccc(NC(=O)CCCn2nnc(-c3ccccc3)n2)c(C)c1. The third-order valence-corrected chi connectivity index (χ3v) is 4.19. The lowest BCUT2D eigenvalue weighted by molar-refractivity contribution is -0.116. The maximum atomic E-state index is 12.2. The van der Waals surface area contributed by atoms with Gasteiger partial charge in [0.2, 0.25) is 11.7 Å². The zero-order chi connectivity index (χ0) is 19.8. The van der Waals surface area contributed by atoms with Crippen molar-refractivity contribution in [1.82, 2.24) is 20.2 Å². The van der Waals surface area contributed by atoms with Crippen LogP contribution in [-0.4, -0.2) is 32.7 Å². The highest BCUT2D eigenvalue weighted by atomic mass is 16.5. The molecule has 0 aliphatic carbocycles. The molecule has 146 valence electrons. The molecule has 0 unspecified atom stereocenters. The highest BCUT2D eigenvalue weighted by Gasteiger charge is 2.08. The molecule has 1 amide bonds. The van der Waals surface area contributed by atoms with Crippen LogP contribution in [0.3, 0.4) is 0 Å². The Morgan fingerprint density at radius 2 is 2.00 bits per heavy atom. The van der Waals surface area contributed by atoms with E-state index in [0.29, 0.717) is 31.8 Å². The maximum Gasteiger partial charge on any atom is 0.224 e. The van der Waals surface area contributed by atoms with Crippen LogP contribution in [0.5, 0.6) is 5.75 Å². The molecule has 0 aliphatic heterocycles. The molecule has 0 bridgehead atoms. The normalized spacial score (nSPS) is 10.6. The van der Waals surface area contributed by atoms with Gasteiger partial charge >= 0.3 is 0 Å². The molecule has 0 saturated carbocycles. The van der Waals surface area contributed by atoms with Crippen molar-refractivity contribution in [3.63, 3.8) is 0 Å². The molecule has 7 heteroatoms. The average molecular weight is 379 g/mol. The van der Waals surface area contributed by atoms with Gasteiger partial charge in [0.25, 0.3) is 0 Å². The Labute approximate surface area is 164 Å². The summed E-state index contributed by atoms with van der Waals surface area (Å²) in [6, 6.07) is 15.4. The second-order valence-corrected chi connectivity index (χ2v) is 6.55. The fourth-order valence-corrected chi connectivity index (χ4v) is 2.72. The number of tetrazole rings is 1. The van der Waals surface area contributed by atoms with Gasteiger partial charge in [0.15, 0.2) is 0 Å². The van der Waals surface area contributed by atoms with E-state index in [2.05, 4.69) is 27.7 Å². The zero-order valence-corrected chi connectivity index (χ0v) is 16.3. The summed E-state index contributed by atoms with van der Waals surface area (Å²) < 4.78 is 5.61. The number of carbonyl (C=O) groups is 1. The molecule has 1 aromatic heterocycles. The van der Waals surface area contributed by atoms with E-state index in [4.69, 9.17) is 4.74 Å². The van der Waals surface area contributed by atoms with Crippen LogP contribution in [0.1, 0.15) is 31.7 Å². The number of nitrogens with zero attached hydrogens (tertiary/aromatic N) is 4. The molecule has 0 radical (unpaired) electrons. The Bertz CT molecular complexity index is 908. The first-order chi connectivity index (χ1) is 13.7. The van der Waals surface area contributed by atoms with Crippen molar-refractivity contribution in [1.29, 1.82) is 0 Å². The van der Waals surface area contributed by atoms with E-state index in [1.54, 1.807) is 0 Å². The molecular weight excluding hydrogens is 354 g/mol. The maximum absolute atomic E-state index is 12.2. The van der Waals surface area contributed by atoms with Crippen LogP contribution in [0.4, 0.5) is 5.69 Å². The average Bonchev–Trinajstić information content (AvgIpc) is 3.18. The predicted octanol–water partition coefficient (Wildman–Crippen LogP) is 3.86. The summed E-state index contributed by atoms with van der Waals surface area (Å²) >= 11 is 0. The lowest BCUT2D eigenvalue weighted by atomic mass is 10.2. The predicted molar refractivity (Wildman–Crippen MR) is 108 cm³/mol. The molecule has 1 heterocycles. The first-order valence-electron chi connectivity index (χ1n) is 9.52.